The normalized spacial score (nSPS) is 11.9. The Morgan fingerprint density at radius 3 is 2.77 bits per heavy atom. The Morgan fingerprint density at radius 1 is 1.23 bits per heavy atom. The molecule has 2 aromatic carbocycles. The number of benzene rings is 2. The summed E-state index contributed by atoms with van der Waals surface area (Å²) in [5.74, 6) is 0.0108. The van der Waals surface area contributed by atoms with E-state index in [1.807, 2.05) is 0 Å². The van der Waals surface area contributed by atoms with Crippen molar-refractivity contribution in [1.29, 1.82) is 0 Å². The molecule has 3 rings (SSSR count). The van der Waals surface area contributed by atoms with Crippen LogP contribution in [0.3, 0.4) is 0 Å². The number of nitrogens with one attached hydrogen (secondary N) is 1. The van der Waals surface area contributed by atoms with Gasteiger partial charge in [0.05, 0.1) is 4.90 Å². The summed E-state index contributed by atoms with van der Waals surface area (Å²) in [6.07, 6.45) is 0. The first-order chi connectivity index (χ1) is 10.5. The van der Waals surface area contributed by atoms with E-state index in [4.69, 9.17) is 4.42 Å². The lowest BCUT2D eigenvalue weighted by Crippen LogP contribution is -2.23. The Bertz CT molecular complexity index is 935. The molecule has 1 N–H and O–H groups in total. The van der Waals surface area contributed by atoms with Gasteiger partial charge in [-0.05, 0) is 24.3 Å². The number of fused-ring (bicyclic) bond motifs is 1. The van der Waals surface area contributed by atoms with Gasteiger partial charge in [0, 0.05) is 19.0 Å². The summed E-state index contributed by atoms with van der Waals surface area (Å²) < 4.78 is 45.8. The van der Waals surface area contributed by atoms with Crippen LogP contribution < -0.4 is 4.72 Å². The molecule has 0 spiro atoms. The van der Waals surface area contributed by atoms with Crippen LogP contribution in [0.5, 0.6) is 0 Å². The second-order valence-corrected chi connectivity index (χ2v) is 6.55. The third-order valence-electron chi connectivity index (χ3n) is 3.19. The van der Waals surface area contributed by atoms with Gasteiger partial charge in [-0.1, -0.05) is 18.2 Å². The summed E-state index contributed by atoms with van der Waals surface area (Å²) >= 11 is 0. The molecule has 114 valence electrons. The Hall–Kier alpha value is -2.25. The van der Waals surface area contributed by atoms with Crippen LogP contribution >= 0.6 is 0 Å². The fourth-order valence-electron chi connectivity index (χ4n) is 2.09. The molecule has 0 aliphatic rings. The second-order valence-electron chi connectivity index (χ2n) is 4.78. The molecule has 0 bridgehead atoms. The van der Waals surface area contributed by atoms with E-state index in [2.05, 4.69) is 9.71 Å². The van der Waals surface area contributed by atoms with Crippen molar-refractivity contribution in [2.75, 3.05) is 0 Å². The Kier molecular flexibility index (Phi) is 3.67. The van der Waals surface area contributed by atoms with Crippen molar-refractivity contribution in [1.82, 2.24) is 9.71 Å². The summed E-state index contributed by atoms with van der Waals surface area (Å²) in [5.41, 5.74) is 1.27. The van der Waals surface area contributed by atoms with Crippen molar-refractivity contribution < 1.29 is 17.2 Å². The number of rotatable bonds is 4. The number of hydrogen-bond donors (Lipinski definition) is 1. The van der Waals surface area contributed by atoms with E-state index in [0.717, 1.165) is 0 Å². The number of sulfonamides is 1. The average Bonchev–Trinajstić information content (AvgIpc) is 2.85. The topological polar surface area (TPSA) is 72.2 Å². The van der Waals surface area contributed by atoms with Crippen LogP contribution in [-0.2, 0) is 16.6 Å². The van der Waals surface area contributed by atoms with Gasteiger partial charge in [-0.15, -0.1) is 0 Å². The average molecular weight is 320 g/mol. The van der Waals surface area contributed by atoms with Gasteiger partial charge in [-0.3, -0.25) is 0 Å². The van der Waals surface area contributed by atoms with Gasteiger partial charge in [-0.2, -0.15) is 0 Å². The number of oxazole rings is 1. The number of hydrogen-bond acceptors (Lipinski definition) is 4. The number of aryl methyl sites for hydroxylation is 1. The summed E-state index contributed by atoms with van der Waals surface area (Å²) in [7, 11) is -3.76. The van der Waals surface area contributed by atoms with Crippen molar-refractivity contribution in [3.63, 3.8) is 0 Å². The highest BCUT2D eigenvalue weighted by molar-refractivity contribution is 7.89. The highest BCUT2D eigenvalue weighted by Crippen LogP contribution is 2.20. The van der Waals surface area contributed by atoms with E-state index in [1.54, 1.807) is 25.1 Å². The Balaban J connectivity index is 1.86. The number of aromatic nitrogens is 1. The zero-order chi connectivity index (χ0) is 15.7. The minimum absolute atomic E-state index is 0.0599. The molecule has 1 aromatic heterocycles. The molecule has 0 radical (unpaired) electrons. The molecule has 0 aliphatic carbocycles. The fraction of sp³-hybridized carbons (Fsp3) is 0.133. The quantitative estimate of drug-likeness (QED) is 0.802. The Morgan fingerprint density at radius 2 is 2.00 bits per heavy atom. The first kappa shape index (κ1) is 14.7. The lowest BCUT2D eigenvalue weighted by molar-refractivity contribution is 0.561. The first-order valence-electron chi connectivity index (χ1n) is 6.56. The minimum Gasteiger partial charge on any atom is -0.441 e. The molecule has 7 heteroatoms. The summed E-state index contributed by atoms with van der Waals surface area (Å²) in [6.45, 7) is 1.56. The van der Waals surface area contributed by atoms with E-state index in [1.165, 1.54) is 24.3 Å². The van der Waals surface area contributed by atoms with Crippen LogP contribution in [0, 0.1) is 12.7 Å². The molecule has 0 saturated carbocycles. The third kappa shape index (κ3) is 2.86. The van der Waals surface area contributed by atoms with Crippen LogP contribution in [-0.4, -0.2) is 13.4 Å². The van der Waals surface area contributed by atoms with Crippen molar-refractivity contribution >= 4 is 21.1 Å². The van der Waals surface area contributed by atoms with Crippen LogP contribution in [0.4, 0.5) is 4.39 Å². The summed E-state index contributed by atoms with van der Waals surface area (Å²) in [6, 6.07) is 10.4. The molecule has 0 amide bonds. The van der Waals surface area contributed by atoms with E-state index in [9.17, 15) is 12.8 Å². The zero-order valence-electron chi connectivity index (χ0n) is 11.7. The molecule has 0 unspecified atom stereocenters. The first-order valence-corrected chi connectivity index (χ1v) is 8.04. The van der Waals surface area contributed by atoms with E-state index in [-0.39, 0.29) is 17.0 Å². The molecule has 1 heterocycles. The fourth-order valence-corrected chi connectivity index (χ4v) is 3.11. The zero-order valence-corrected chi connectivity index (χ0v) is 12.5. The monoisotopic (exact) mass is 320 g/mol. The van der Waals surface area contributed by atoms with Crippen LogP contribution in [0.25, 0.3) is 11.1 Å². The van der Waals surface area contributed by atoms with Gasteiger partial charge < -0.3 is 4.42 Å². The number of nitrogens with zero attached hydrogens (tertiary/aromatic N) is 1. The van der Waals surface area contributed by atoms with Crippen molar-refractivity contribution in [3.8, 4) is 0 Å². The van der Waals surface area contributed by atoms with Crippen LogP contribution in [0.2, 0.25) is 0 Å². The molecular weight excluding hydrogens is 307 g/mol. The molecule has 5 nitrogen and oxygen atoms in total. The second kappa shape index (κ2) is 5.51. The molecule has 0 atom stereocenters. The molecule has 3 aromatic rings. The maximum Gasteiger partial charge on any atom is 0.240 e. The third-order valence-corrected chi connectivity index (χ3v) is 4.59. The molecular formula is C15H13FN2O3S. The highest BCUT2D eigenvalue weighted by atomic mass is 32.2. The lowest BCUT2D eigenvalue weighted by Gasteiger charge is -2.07. The van der Waals surface area contributed by atoms with E-state index >= 15 is 0 Å². The highest BCUT2D eigenvalue weighted by Gasteiger charge is 2.16. The van der Waals surface area contributed by atoms with Gasteiger partial charge in [0.2, 0.25) is 10.0 Å². The maximum absolute atomic E-state index is 13.5. The smallest absolute Gasteiger partial charge is 0.240 e. The van der Waals surface area contributed by atoms with Gasteiger partial charge >= 0.3 is 0 Å². The van der Waals surface area contributed by atoms with Gasteiger partial charge in [0.15, 0.2) is 11.5 Å². The molecule has 0 aliphatic heterocycles. The van der Waals surface area contributed by atoms with Gasteiger partial charge in [0.1, 0.15) is 11.3 Å². The molecule has 22 heavy (non-hydrogen) atoms. The number of halogens is 1. The van der Waals surface area contributed by atoms with E-state index < -0.39 is 15.8 Å². The predicted octanol–water partition coefficient (Wildman–Crippen LogP) is 2.75. The van der Waals surface area contributed by atoms with Crippen molar-refractivity contribution in [3.05, 3.63) is 59.7 Å². The standard InChI is InChI=1S/C15H13FN2O3S/c1-10-18-14-8-12(6-7-15(14)21-10)22(19,20)17-9-11-4-2-3-5-13(11)16/h2-8,17H,9H2,1H3. The molecule has 0 fully saturated rings. The van der Waals surface area contributed by atoms with Crippen LogP contribution in [0.1, 0.15) is 11.5 Å². The predicted molar refractivity (Wildman–Crippen MR) is 79.2 cm³/mol. The maximum atomic E-state index is 13.5. The van der Waals surface area contributed by atoms with Gasteiger partial charge in [0.25, 0.3) is 0 Å². The van der Waals surface area contributed by atoms with Crippen molar-refractivity contribution in [2.45, 2.75) is 18.4 Å². The lowest BCUT2D eigenvalue weighted by atomic mass is 10.2. The summed E-state index contributed by atoms with van der Waals surface area (Å²) in [4.78, 5) is 4.16. The Labute approximate surface area is 126 Å². The summed E-state index contributed by atoms with van der Waals surface area (Å²) in [5, 5.41) is 0. The minimum atomic E-state index is -3.76. The van der Waals surface area contributed by atoms with Crippen LogP contribution in [0.15, 0.2) is 51.8 Å². The van der Waals surface area contributed by atoms with Gasteiger partial charge in [-0.25, -0.2) is 22.5 Å². The van der Waals surface area contributed by atoms with E-state index in [0.29, 0.717) is 17.0 Å². The van der Waals surface area contributed by atoms with Crippen molar-refractivity contribution in [2.24, 2.45) is 0 Å². The largest absolute Gasteiger partial charge is 0.441 e. The molecule has 0 saturated heterocycles. The SMILES string of the molecule is Cc1nc2cc(S(=O)(=O)NCc3ccccc3F)ccc2o1.